The van der Waals surface area contributed by atoms with Crippen LogP contribution >= 0.6 is 11.3 Å². The van der Waals surface area contributed by atoms with Gasteiger partial charge in [0.25, 0.3) is 0 Å². The molecule has 1 heterocycles. The Morgan fingerprint density at radius 3 is 2.75 bits per heavy atom. The van der Waals surface area contributed by atoms with Gasteiger partial charge in [-0.15, -0.1) is 0 Å². The summed E-state index contributed by atoms with van der Waals surface area (Å²) in [5, 5.41) is 3.64. The fraction of sp³-hybridized carbons (Fsp3) is 0.429. The van der Waals surface area contributed by atoms with E-state index in [1.54, 1.807) is 19.1 Å². The van der Waals surface area contributed by atoms with Gasteiger partial charge in [0.05, 0.1) is 5.69 Å². The highest BCUT2D eigenvalue weighted by Gasteiger charge is 2.34. The number of aromatic nitrogens is 1. The Balaban J connectivity index is 1.74. The van der Waals surface area contributed by atoms with Gasteiger partial charge in [-0.2, -0.15) is 5.90 Å². The first-order chi connectivity index (χ1) is 13.3. The number of ketones is 1. The molecule has 28 heavy (non-hydrogen) atoms. The Morgan fingerprint density at radius 2 is 2.14 bits per heavy atom. The van der Waals surface area contributed by atoms with Gasteiger partial charge in [0.1, 0.15) is 10.7 Å². The number of halogens is 1. The summed E-state index contributed by atoms with van der Waals surface area (Å²) in [7, 11) is 0. The zero-order chi connectivity index (χ0) is 20.3. The van der Waals surface area contributed by atoms with Crippen molar-refractivity contribution in [1.29, 1.82) is 0 Å². The van der Waals surface area contributed by atoms with Crippen LogP contribution in [-0.4, -0.2) is 10.8 Å². The van der Waals surface area contributed by atoms with Gasteiger partial charge in [-0.25, -0.2) is 9.37 Å². The molecule has 0 radical (unpaired) electrons. The smallest absolute Gasteiger partial charge is 0.241 e. The lowest BCUT2D eigenvalue weighted by molar-refractivity contribution is 0.0919. The maximum absolute atomic E-state index is 13.0. The summed E-state index contributed by atoms with van der Waals surface area (Å²) in [6.07, 6.45) is 6.15. The maximum atomic E-state index is 13.0. The molecule has 1 atom stereocenters. The molecule has 3 rings (SSSR count). The van der Waals surface area contributed by atoms with Gasteiger partial charge in [-0.1, -0.05) is 31.6 Å². The predicted octanol–water partition coefficient (Wildman–Crippen LogP) is 5.51. The number of anilines is 2. The molecule has 2 aromatic rings. The number of hydrogen-bond donors (Lipinski definition) is 2. The van der Waals surface area contributed by atoms with E-state index in [0.29, 0.717) is 27.3 Å². The summed E-state index contributed by atoms with van der Waals surface area (Å²) in [6, 6.07) is 5.96. The van der Waals surface area contributed by atoms with Crippen LogP contribution in [0.3, 0.4) is 0 Å². The number of rotatable bonds is 7. The molecule has 0 bridgehead atoms. The van der Waals surface area contributed by atoms with Crippen molar-refractivity contribution in [3.8, 4) is 0 Å². The minimum absolute atomic E-state index is 0.155. The summed E-state index contributed by atoms with van der Waals surface area (Å²) in [5.41, 5.74) is 1.57. The molecule has 0 saturated heterocycles. The molecule has 0 amide bonds. The number of nitrogens with zero attached hydrogens (tertiary/aromatic N) is 1. The molecule has 1 aliphatic rings. The van der Waals surface area contributed by atoms with Crippen molar-refractivity contribution in [2.24, 2.45) is 17.2 Å². The number of carbonyl (C=O) groups is 1. The molecule has 0 spiro atoms. The van der Waals surface area contributed by atoms with E-state index in [-0.39, 0.29) is 22.8 Å². The van der Waals surface area contributed by atoms with Crippen molar-refractivity contribution in [3.05, 3.63) is 52.5 Å². The topological polar surface area (TPSA) is 77.2 Å². The number of carbonyl (C=O) groups excluding carboxylic acids is 1. The van der Waals surface area contributed by atoms with E-state index < -0.39 is 0 Å². The molecule has 1 aliphatic carbocycles. The van der Waals surface area contributed by atoms with Gasteiger partial charge < -0.3 is 10.2 Å². The van der Waals surface area contributed by atoms with Gasteiger partial charge in [-0.05, 0) is 67.9 Å². The van der Waals surface area contributed by atoms with E-state index in [1.807, 2.05) is 6.08 Å². The first-order valence-corrected chi connectivity index (χ1v) is 10.2. The monoisotopic (exact) mass is 403 g/mol. The lowest BCUT2D eigenvalue weighted by Gasteiger charge is -2.25. The molecule has 5 nitrogen and oxygen atoms in total. The van der Waals surface area contributed by atoms with Gasteiger partial charge in [0, 0.05) is 5.69 Å². The number of nitrogens with one attached hydrogen (secondary N) is 1. The number of hydrogen-bond acceptors (Lipinski definition) is 6. The zero-order valence-corrected chi connectivity index (χ0v) is 17.2. The Hall–Kier alpha value is -2.25. The number of Topliss-reactive ketones (excluding diaryl/α,β-unsaturated/α-hetero) is 1. The molecule has 1 aromatic carbocycles. The molecule has 1 unspecified atom stereocenters. The predicted molar refractivity (Wildman–Crippen MR) is 110 cm³/mol. The van der Waals surface area contributed by atoms with Crippen LogP contribution in [0.2, 0.25) is 0 Å². The molecular weight excluding hydrogens is 377 g/mol. The third kappa shape index (κ3) is 4.59. The van der Waals surface area contributed by atoms with Crippen molar-refractivity contribution in [2.75, 3.05) is 5.32 Å². The van der Waals surface area contributed by atoms with E-state index >= 15 is 0 Å². The van der Waals surface area contributed by atoms with Crippen LogP contribution in [-0.2, 0) is 4.84 Å². The van der Waals surface area contributed by atoms with Crippen LogP contribution in [0.1, 0.15) is 54.9 Å². The molecule has 150 valence electrons. The largest absolute Gasteiger partial charge is 0.408 e. The van der Waals surface area contributed by atoms with Crippen molar-refractivity contribution in [3.63, 3.8) is 0 Å². The number of thiazole rings is 1. The highest BCUT2D eigenvalue weighted by molar-refractivity contribution is 7.17. The van der Waals surface area contributed by atoms with Crippen LogP contribution < -0.4 is 11.2 Å². The summed E-state index contributed by atoms with van der Waals surface area (Å²) in [6.45, 7) is 6.31. The molecule has 7 heteroatoms. The van der Waals surface area contributed by atoms with Gasteiger partial charge in [-0.3, -0.25) is 4.79 Å². The van der Waals surface area contributed by atoms with Crippen molar-refractivity contribution >= 4 is 27.9 Å². The van der Waals surface area contributed by atoms with E-state index in [9.17, 15) is 9.18 Å². The van der Waals surface area contributed by atoms with Crippen molar-refractivity contribution < 1.29 is 14.0 Å². The van der Waals surface area contributed by atoms with E-state index in [0.717, 1.165) is 12.8 Å². The third-order valence-electron chi connectivity index (χ3n) is 5.52. The fourth-order valence-corrected chi connectivity index (χ4v) is 4.64. The van der Waals surface area contributed by atoms with Gasteiger partial charge in [0.2, 0.25) is 5.78 Å². The highest BCUT2D eigenvalue weighted by atomic mass is 32.1. The van der Waals surface area contributed by atoms with Crippen LogP contribution in [0.5, 0.6) is 0 Å². The van der Waals surface area contributed by atoms with E-state index in [2.05, 4.69) is 24.1 Å². The first kappa shape index (κ1) is 20.5. The highest BCUT2D eigenvalue weighted by Crippen LogP contribution is 2.44. The van der Waals surface area contributed by atoms with Crippen LogP contribution in [0.15, 0.2) is 36.1 Å². The lowest BCUT2D eigenvalue weighted by atomic mass is 9.80. The molecule has 1 aromatic heterocycles. The van der Waals surface area contributed by atoms with Gasteiger partial charge in [0.15, 0.2) is 10.9 Å². The molecule has 0 aliphatic heterocycles. The normalized spacial score (nSPS) is 18.9. The van der Waals surface area contributed by atoms with Gasteiger partial charge >= 0.3 is 0 Å². The second-order valence-electron chi connectivity index (χ2n) is 7.89. The Labute approximate surface area is 168 Å². The minimum atomic E-state index is -0.308. The number of benzene rings is 1. The number of nitrogens with two attached hydrogens (primary N) is 1. The summed E-state index contributed by atoms with van der Waals surface area (Å²) in [4.78, 5) is 22.7. The zero-order valence-electron chi connectivity index (χ0n) is 16.4. The summed E-state index contributed by atoms with van der Waals surface area (Å²) < 4.78 is 13.0. The Bertz CT molecular complexity index is 874. The van der Waals surface area contributed by atoms with Crippen LogP contribution in [0.25, 0.3) is 0 Å². The molecule has 3 N–H and O–H groups in total. The second-order valence-corrected chi connectivity index (χ2v) is 8.89. The SMILES string of the molecule is Cc1nc(Nc2ccc(F)cc2)sc1C(=O)/C(=C/CC1CCCC1(C)C)ON. The fourth-order valence-electron chi connectivity index (χ4n) is 3.71. The Kier molecular flexibility index (Phi) is 6.15. The molecule has 1 fully saturated rings. The molecule has 1 saturated carbocycles. The first-order valence-electron chi connectivity index (χ1n) is 9.42. The van der Waals surface area contributed by atoms with Crippen LogP contribution in [0.4, 0.5) is 15.2 Å². The molecular formula is C21H26FN3O2S. The Morgan fingerprint density at radius 1 is 1.43 bits per heavy atom. The quantitative estimate of drug-likeness (QED) is 0.276. The second kappa shape index (κ2) is 8.41. The third-order valence-corrected chi connectivity index (χ3v) is 6.59. The number of aryl methyl sites for hydroxylation is 1. The minimum Gasteiger partial charge on any atom is -0.408 e. The standard InChI is InChI=1S/C21H26FN3O2S/c1-13-19(28-20(24-13)25-16-9-7-15(22)8-10-16)18(26)17(27-23)11-6-14-5-4-12-21(14,2)3/h7-11,14H,4-6,12,23H2,1-3H3,(H,24,25)/b17-11-. The maximum Gasteiger partial charge on any atom is 0.241 e. The van der Waals surface area contributed by atoms with E-state index in [1.165, 1.54) is 36.3 Å². The average molecular weight is 404 g/mol. The summed E-state index contributed by atoms with van der Waals surface area (Å²) in [5.74, 6) is 5.50. The average Bonchev–Trinajstić information content (AvgIpc) is 3.18. The lowest BCUT2D eigenvalue weighted by Crippen LogP contribution is -2.17. The van der Waals surface area contributed by atoms with Crippen LogP contribution in [0, 0.1) is 24.1 Å². The van der Waals surface area contributed by atoms with Crippen molar-refractivity contribution in [2.45, 2.75) is 46.5 Å². The number of allylic oxidation sites excluding steroid dienone is 2. The van der Waals surface area contributed by atoms with Crippen molar-refractivity contribution in [1.82, 2.24) is 4.98 Å². The van der Waals surface area contributed by atoms with E-state index in [4.69, 9.17) is 10.7 Å². The summed E-state index contributed by atoms with van der Waals surface area (Å²) >= 11 is 1.23.